The average molecular weight is 435 g/mol. The van der Waals surface area contributed by atoms with Gasteiger partial charge in [-0.15, -0.1) is 11.3 Å². The molecular weight excluding hydrogens is 412 g/mol. The largest absolute Gasteiger partial charge is 0.497 e. The molecule has 0 spiro atoms. The maximum absolute atomic E-state index is 13.6. The topological polar surface area (TPSA) is 67.9 Å². The number of anilines is 2. The van der Waals surface area contributed by atoms with E-state index >= 15 is 0 Å². The Bertz CT molecular complexity index is 1200. The fraction of sp³-hybridized carbons (Fsp3) is 0.167. The number of thiophene rings is 1. The third-order valence-electron chi connectivity index (χ3n) is 5.12. The molecule has 0 saturated carbocycles. The van der Waals surface area contributed by atoms with Crippen LogP contribution in [0, 0.1) is 13.8 Å². The number of hydrogen-bond acceptors (Lipinski definition) is 6. The fourth-order valence-corrected chi connectivity index (χ4v) is 4.29. The smallest absolute Gasteiger partial charge is 0.282 e. The predicted octanol–water partition coefficient (Wildman–Crippen LogP) is 4.78. The van der Waals surface area contributed by atoms with Crippen molar-refractivity contribution in [3.05, 3.63) is 75.6 Å². The Labute approximate surface area is 184 Å². The fourth-order valence-electron chi connectivity index (χ4n) is 3.52. The van der Waals surface area contributed by atoms with Crippen LogP contribution in [0.2, 0.25) is 0 Å². The third-order valence-corrected chi connectivity index (χ3v) is 6.01. The van der Waals surface area contributed by atoms with E-state index in [9.17, 15) is 9.59 Å². The van der Waals surface area contributed by atoms with Crippen molar-refractivity contribution in [2.24, 2.45) is 0 Å². The number of hydrogen-bond donors (Lipinski definition) is 1. The van der Waals surface area contributed by atoms with E-state index in [2.05, 4.69) is 5.32 Å². The van der Waals surface area contributed by atoms with Gasteiger partial charge in [0.15, 0.2) is 0 Å². The number of nitrogens with one attached hydrogen (secondary N) is 1. The molecule has 6 nitrogen and oxygen atoms in total. The number of amides is 2. The molecule has 1 N–H and O–H groups in total. The first-order valence-electron chi connectivity index (χ1n) is 9.68. The molecule has 3 aromatic rings. The van der Waals surface area contributed by atoms with Gasteiger partial charge < -0.3 is 14.8 Å². The van der Waals surface area contributed by atoms with Crippen molar-refractivity contribution in [3.63, 3.8) is 0 Å². The molecule has 0 fully saturated rings. The van der Waals surface area contributed by atoms with E-state index in [-0.39, 0.29) is 11.6 Å². The van der Waals surface area contributed by atoms with Gasteiger partial charge in [0.05, 0.1) is 31.2 Å². The van der Waals surface area contributed by atoms with E-state index in [1.54, 1.807) is 32.4 Å². The Kier molecular flexibility index (Phi) is 5.52. The number of imide groups is 1. The maximum Gasteiger partial charge on any atom is 0.282 e. The second kappa shape index (κ2) is 8.28. The highest BCUT2D eigenvalue weighted by atomic mass is 32.1. The molecule has 0 radical (unpaired) electrons. The second-order valence-corrected chi connectivity index (χ2v) is 8.10. The Morgan fingerprint density at radius 1 is 0.935 bits per heavy atom. The lowest BCUT2D eigenvalue weighted by atomic mass is 10.1. The molecule has 2 heterocycles. The lowest BCUT2D eigenvalue weighted by molar-refractivity contribution is -0.120. The Morgan fingerprint density at radius 3 is 2.42 bits per heavy atom. The van der Waals surface area contributed by atoms with Crippen molar-refractivity contribution in [1.29, 1.82) is 0 Å². The van der Waals surface area contributed by atoms with E-state index in [4.69, 9.17) is 9.47 Å². The van der Waals surface area contributed by atoms with Crippen molar-refractivity contribution in [1.82, 2.24) is 0 Å². The maximum atomic E-state index is 13.6. The first-order chi connectivity index (χ1) is 14.9. The van der Waals surface area contributed by atoms with Crippen LogP contribution >= 0.6 is 11.3 Å². The summed E-state index contributed by atoms with van der Waals surface area (Å²) in [4.78, 5) is 29.0. The molecule has 4 rings (SSSR count). The molecule has 0 aliphatic carbocycles. The van der Waals surface area contributed by atoms with Gasteiger partial charge in [-0.05, 0) is 54.6 Å². The highest BCUT2D eigenvalue weighted by molar-refractivity contribution is 7.11. The normalized spacial score (nSPS) is 13.7. The molecular formula is C24H22N2O4S. The summed E-state index contributed by atoms with van der Waals surface area (Å²) in [6.07, 6.45) is 0. The highest BCUT2D eigenvalue weighted by Crippen LogP contribution is 2.39. The average Bonchev–Trinajstić information content (AvgIpc) is 3.37. The number of aryl methyl sites for hydroxylation is 2. The molecule has 0 bridgehead atoms. The van der Waals surface area contributed by atoms with Crippen LogP contribution in [0.25, 0.3) is 5.57 Å². The molecule has 0 unspecified atom stereocenters. The number of methoxy groups -OCH3 is 2. The minimum absolute atomic E-state index is 0.208. The van der Waals surface area contributed by atoms with Gasteiger partial charge in [-0.1, -0.05) is 18.2 Å². The van der Waals surface area contributed by atoms with Crippen molar-refractivity contribution in [2.75, 3.05) is 24.4 Å². The number of rotatable bonds is 6. The minimum atomic E-state index is -0.410. The molecule has 1 aliphatic rings. The van der Waals surface area contributed by atoms with Gasteiger partial charge in [0.2, 0.25) is 0 Å². The molecule has 0 saturated heterocycles. The molecule has 1 aromatic heterocycles. The van der Waals surface area contributed by atoms with Crippen LogP contribution in [0.5, 0.6) is 11.5 Å². The van der Waals surface area contributed by atoms with Crippen molar-refractivity contribution in [2.45, 2.75) is 13.8 Å². The zero-order valence-electron chi connectivity index (χ0n) is 17.7. The van der Waals surface area contributed by atoms with Crippen molar-refractivity contribution in [3.8, 4) is 11.5 Å². The molecule has 0 atom stereocenters. The summed E-state index contributed by atoms with van der Waals surface area (Å²) in [7, 11) is 3.11. The van der Waals surface area contributed by atoms with Crippen LogP contribution in [0.3, 0.4) is 0 Å². The molecule has 7 heteroatoms. The number of ether oxygens (including phenoxy) is 2. The number of nitrogens with zero attached hydrogens (tertiary/aromatic N) is 1. The summed E-state index contributed by atoms with van der Waals surface area (Å²) in [5.74, 6) is 0.367. The van der Waals surface area contributed by atoms with Gasteiger partial charge in [-0.3, -0.25) is 9.59 Å². The quantitative estimate of drug-likeness (QED) is 0.566. The second-order valence-electron chi connectivity index (χ2n) is 7.15. The van der Waals surface area contributed by atoms with E-state index in [0.29, 0.717) is 28.4 Å². The zero-order valence-corrected chi connectivity index (χ0v) is 18.5. The lowest BCUT2D eigenvalue weighted by Crippen LogP contribution is -2.33. The van der Waals surface area contributed by atoms with Gasteiger partial charge >= 0.3 is 0 Å². The van der Waals surface area contributed by atoms with Crippen LogP contribution < -0.4 is 19.7 Å². The SMILES string of the molecule is COc1ccc(OC)c(NC2=C(c3cccs3)C(=O)N(c3cc(C)ccc3C)C2=O)c1. The van der Waals surface area contributed by atoms with Crippen LogP contribution in [-0.4, -0.2) is 26.0 Å². The Morgan fingerprint density at radius 2 is 1.74 bits per heavy atom. The highest BCUT2D eigenvalue weighted by Gasteiger charge is 2.41. The number of carbonyl (C=O) groups excluding carboxylic acids is 2. The monoisotopic (exact) mass is 434 g/mol. The van der Waals surface area contributed by atoms with Crippen molar-refractivity contribution >= 4 is 40.1 Å². The standard InChI is InChI=1S/C24H22N2O4S/c1-14-7-8-15(2)18(12-14)26-23(27)21(20-6-5-11-31-20)22(24(26)28)25-17-13-16(29-3)9-10-19(17)30-4/h5-13,25H,1-4H3. The Balaban J connectivity index is 1.85. The number of carbonyl (C=O) groups is 2. The van der Waals surface area contributed by atoms with Crippen LogP contribution in [0.15, 0.2) is 59.6 Å². The summed E-state index contributed by atoms with van der Waals surface area (Å²) in [6, 6.07) is 14.7. The van der Waals surface area contributed by atoms with Gasteiger partial charge in [0.1, 0.15) is 17.2 Å². The first-order valence-corrected chi connectivity index (χ1v) is 10.6. The van der Waals surface area contributed by atoms with Crippen LogP contribution in [-0.2, 0) is 9.59 Å². The lowest BCUT2D eigenvalue weighted by Gasteiger charge is -2.19. The van der Waals surface area contributed by atoms with Gasteiger partial charge in [0, 0.05) is 10.9 Å². The van der Waals surface area contributed by atoms with E-state index in [0.717, 1.165) is 16.0 Å². The van der Waals surface area contributed by atoms with Gasteiger partial charge in [0.25, 0.3) is 11.8 Å². The summed E-state index contributed by atoms with van der Waals surface area (Å²) in [6.45, 7) is 3.82. The first kappa shape index (κ1) is 20.7. The summed E-state index contributed by atoms with van der Waals surface area (Å²) in [5, 5.41) is 5.04. The van der Waals surface area contributed by atoms with Crippen molar-refractivity contribution < 1.29 is 19.1 Å². The molecule has 1 aliphatic heterocycles. The van der Waals surface area contributed by atoms with Crippen LogP contribution in [0.1, 0.15) is 16.0 Å². The Hall–Kier alpha value is -3.58. The predicted molar refractivity (Wildman–Crippen MR) is 123 cm³/mol. The van der Waals surface area contributed by atoms with Gasteiger partial charge in [-0.2, -0.15) is 0 Å². The zero-order chi connectivity index (χ0) is 22.1. The van der Waals surface area contributed by atoms with E-state index in [1.165, 1.54) is 16.2 Å². The van der Waals surface area contributed by atoms with Gasteiger partial charge in [-0.25, -0.2) is 4.90 Å². The van der Waals surface area contributed by atoms with E-state index < -0.39 is 5.91 Å². The number of benzene rings is 2. The summed E-state index contributed by atoms with van der Waals surface area (Å²) < 4.78 is 10.8. The van der Waals surface area contributed by atoms with Crippen LogP contribution in [0.4, 0.5) is 11.4 Å². The molecule has 2 aromatic carbocycles. The minimum Gasteiger partial charge on any atom is -0.497 e. The molecule has 2 amide bonds. The summed E-state index contributed by atoms with van der Waals surface area (Å²) in [5.41, 5.74) is 3.48. The third kappa shape index (κ3) is 3.68. The molecule has 158 valence electrons. The molecule has 31 heavy (non-hydrogen) atoms. The van der Waals surface area contributed by atoms with E-state index in [1.807, 2.05) is 49.6 Å². The summed E-state index contributed by atoms with van der Waals surface area (Å²) >= 11 is 1.41.